The van der Waals surface area contributed by atoms with Crippen molar-refractivity contribution in [3.63, 3.8) is 0 Å². The second kappa shape index (κ2) is 8.50. The number of halogens is 1. The number of rotatable bonds is 5. The highest BCUT2D eigenvalue weighted by Gasteiger charge is 2.39. The van der Waals surface area contributed by atoms with E-state index in [1.54, 1.807) is 36.4 Å². The molecule has 0 spiro atoms. The normalized spacial score (nSPS) is 17.8. The first-order valence-electron chi connectivity index (χ1n) is 10.0. The fourth-order valence-corrected chi connectivity index (χ4v) is 4.02. The molecule has 2 amide bonds. The van der Waals surface area contributed by atoms with Crippen molar-refractivity contribution in [2.24, 2.45) is 0 Å². The van der Waals surface area contributed by atoms with E-state index in [2.05, 4.69) is 16.8 Å². The van der Waals surface area contributed by atoms with Crippen LogP contribution in [0.4, 0.5) is 11.4 Å². The average molecular weight is 426 g/mol. The van der Waals surface area contributed by atoms with E-state index in [-0.39, 0.29) is 10.6 Å². The van der Waals surface area contributed by atoms with Gasteiger partial charge in [0, 0.05) is 31.9 Å². The second-order valence-corrected chi connectivity index (χ2v) is 7.78. The van der Waals surface area contributed by atoms with Crippen LogP contribution >= 0.6 is 11.6 Å². The minimum Gasteiger partial charge on any atom is -0.494 e. The number of anilines is 2. The monoisotopic (exact) mass is 425 g/mol. The predicted molar refractivity (Wildman–Crippen MR) is 119 cm³/mol. The number of imide groups is 1. The van der Waals surface area contributed by atoms with Crippen molar-refractivity contribution in [1.82, 2.24) is 4.90 Å². The van der Waals surface area contributed by atoms with Crippen molar-refractivity contribution in [3.05, 3.63) is 59.1 Å². The van der Waals surface area contributed by atoms with Crippen LogP contribution in [0, 0.1) is 0 Å². The van der Waals surface area contributed by atoms with Gasteiger partial charge in [-0.2, -0.15) is 0 Å². The van der Waals surface area contributed by atoms with Gasteiger partial charge in [-0.25, -0.2) is 4.90 Å². The molecule has 2 aliphatic rings. The lowest BCUT2D eigenvalue weighted by Gasteiger charge is -2.34. The van der Waals surface area contributed by atoms with Crippen LogP contribution < -0.4 is 14.5 Å². The Morgan fingerprint density at radius 3 is 2.07 bits per heavy atom. The Bertz CT molecular complexity index is 978. The summed E-state index contributed by atoms with van der Waals surface area (Å²) in [6, 6.07) is 14.5. The quantitative estimate of drug-likeness (QED) is 0.687. The molecule has 6 nitrogen and oxygen atoms in total. The summed E-state index contributed by atoms with van der Waals surface area (Å²) in [6.07, 6.45) is 0. The van der Waals surface area contributed by atoms with E-state index in [0.29, 0.717) is 23.6 Å². The van der Waals surface area contributed by atoms with Gasteiger partial charge in [-0.05, 0) is 55.9 Å². The van der Waals surface area contributed by atoms with E-state index < -0.39 is 11.8 Å². The smallest absolute Gasteiger partial charge is 0.277 e. The molecule has 0 aliphatic carbocycles. The standard InChI is InChI=1S/C23H24ClN3O3/c1-3-30-19-10-4-16(5-11-19)20-21(24)23(29)27(22(20)28)18-8-6-17(7-9-18)26-14-12-25(2)13-15-26/h4-11H,3,12-15H2,1-2H3. The number of carbonyl (C=O) groups excluding carboxylic acids is 2. The van der Waals surface area contributed by atoms with Crippen LogP contribution in [-0.2, 0) is 9.59 Å². The van der Waals surface area contributed by atoms with Gasteiger partial charge in [-0.15, -0.1) is 0 Å². The Hall–Kier alpha value is -2.83. The van der Waals surface area contributed by atoms with Gasteiger partial charge in [0.15, 0.2) is 0 Å². The number of amides is 2. The summed E-state index contributed by atoms with van der Waals surface area (Å²) >= 11 is 6.29. The molecule has 0 bridgehead atoms. The third kappa shape index (κ3) is 3.80. The summed E-state index contributed by atoms with van der Waals surface area (Å²) < 4.78 is 5.44. The minimum absolute atomic E-state index is 0.0627. The zero-order chi connectivity index (χ0) is 21.3. The van der Waals surface area contributed by atoms with Gasteiger partial charge in [-0.3, -0.25) is 9.59 Å². The molecule has 7 heteroatoms. The van der Waals surface area contributed by atoms with Gasteiger partial charge in [-0.1, -0.05) is 23.7 Å². The SMILES string of the molecule is CCOc1ccc(C2=C(Cl)C(=O)N(c3ccc(N4CCN(C)CC4)cc3)C2=O)cc1. The Balaban J connectivity index is 1.54. The molecular formula is C23H24ClN3O3. The first kappa shape index (κ1) is 20.4. The summed E-state index contributed by atoms with van der Waals surface area (Å²) in [5.74, 6) is -0.217. The zero-order valence-corrected chi connectivity index (χ0v) is 17.9. The maximum absolute atomic E-state index is 13.1. The highest BCUT2D eigenvalue weighted by Crippen LogP contribution is 2.36. The fourth-order valence-electron chi connectivity index (χ4n) is 3.75. The fraction of sp³-hybridized carbons (Fsp3) is 0.304. The third-order valence-corrected chi connectivity index (χ3v) is 5.81. The topological polar surface area (TPSA) is 53.1 Å². The molecule has 156 valence electrons. The van der Waals surface area contributed by atoms with E-state index in [1.807, 2.05) is 19.1 Å². The van der Waals surface area contributed by atoms with E-state index in [9.17, 15) is 9.59 Å². The number of hydrogen-bond donors (Lipinski definition) is 0. The van der Waals surface area contributed by atoms with Crippen molar-refractivity contribution < 1.29 is 14.3 Å². The highest BCUT2D eigenvalue weighted by molar-refractivity contribution is 6.60. The summed E-state index contributed by atoms with van der Waals surface area (Å²) in [6.45, 7) is 6.38. The molecule has 1 saturated heterocycles. The van der Waals surface area contributed by atoms with E-state index in [4.69, 9.17) is 16.3 Å². The molecule has 0 radical (unpaired) electrons. The van der Waals surface area contributed by atoms with Crippen LogP contribution in [-0.4, -0.2) is 56.5 Å². The van der Waals surface area contributed by atoms with E-state index >= 15 is 0 Å². The molecular weight excluding hydrogens is 402 g/mol. The average Bonchev–Trinajstić information content (AvgIpc) is 2.98. The van der Waals surface area contributed by atoms with Crippen LogP contribution in [0.15, 0.2) is 53.6 Å². The molecule has 4 rings (SSSR count). The lowest BCUT2D eigenvalue weighted by molar-refractivity contribution is -0.119. The molecule has 30 heavy (non-hydrogen) atoms. The molecule has 0 N–H and O–H groups in total. The molecule has 2 heterocycles. The van der Waals surface area contributed by atoms with Crippen LogP contribution in [0.3, 0.4) is 0 Å². The molecule has 2 aliphatic heterocycles. The van der Waals surface area contributed by atoms with Gasteiger partial charge in [0.25, 0.3) is 11.8 Å². The van der Waals surface area contributed by atoms with Gasteiger partial charge in [0.1, 0.15) is 10.8 Å². The Kier molecular flexibility index (Phi) is 5.79. The molecule has 1 fully saturated rings. The lowest BCUT2D eigenvalue weighted by Crippen LogP contribution is -2.44. The number of likely N-dealkylation sites (N-methyl/N-ethyl adjacent to an activating group) is 1. The maximum Gasteiger partial charge on any atom is 0.277 e. The summed E-state index contributed by atoms with van der Waals surface area (Å²) in [5, 5.41) is -0.0627. The van der Waals surface area contributed by atoms with Crippen molar-refractivity contribution in [1.29, 1.82) is 0 Å². The molecule has 2 aromatic rings. The van der Waals surface area contributed by atoms with Crippen molar-refractivity contribution >= 4 is 40.4 Å². The summed E-state index contributed by atoms with van der Waals surface area (Å²) in [7, 11) is 2.11. The number of hydrogen-bond acceptors (Lipinski definition) is 5. The number of carbonyl (C=O) groups is 2. The Labute approximate surface area is 181 Å². The molecule has 0 saturated carbocycles. The number of ether oxygens (including phenoxy) is 1. The van der Waals surface area contributed by atoms with E-state index in [0.717, 1.165) is 36.8 Å². The maximum atomic E-state index is 13.1. The lowest BCUT2D eigenvalue weighted by atomic mass is 10.1. The van der Waals surface area contributed by atoms with Crippen LogP contribution in [0.5, 0.6) is 5.75 Å². The molecule has 2 aromatic carbocycles. The van der Waals surface area contributed by atoms with Crippen LogP contribution in [0.2, 0.25) is 0 Å². The molecule has 0 aromatic heterocycles. The van der Waals surface area contributed by atoms with Crippen molar-refractivity contribution in [2.45, 2.75) is 6.92 Å². The Morgan fingerprint density at radius 1 is 0.867 bits per heavy atom. The largest absolute Gasteiger partial charge is 0.494 e. The van der Waals surface area contributed by atoms with Gasteiger partial charge in [0.2, 0.25) is 0 Å². The molecule has 0 atom stereocenters. The third-order valence-electron chi connectivity index (χ3n) is 5.46. The van der Waals surface area contributed by atoms with E-state index in [1.165, 1.54) is 0 Å². The van der Waals surface area contributed by atoms with Crippen molar-refractivity contribution in [2.75, 3.05) is 49.6 Å². The number of benzene rings is 2. The Morgan fingerprint density at radius 2 is 1.47 bits per heavy atom. The van der Waals surface area contributed by atoms with Crippen LogP contribution in [0.1, 0.15) is 12.5 Å². The summed E-state index contributed by atoms with van der Waals surface area (Å²) in [5.41, 5.74) is 2.41. The minimum atomic E-state index is -0.502. The number of piperazine rings is 1. The highest BCUT2D eigenvalue weighted by atomic mass is 35.5. The summed E-state index contributed by atoms with van der Waals surface area (Å²) in [4.78, 5) is 31.6. The first-order valence-corrected chi connectivity index (χ1v) is 10.4. The number of nitrogens with zero attached hydrogens (tertiary/aromatic N) is 3. The van der Waals surface area contributed by atoms with Crippen LogP contribution in [0.25, 0.3) is 5.57 Å². The molecule has 0 unspecified atom stereocenters. The van der Waals surface area contributed by atoms with Crippen molar-refractivity contribution in [3.8, 4) is 5.75 Å². The van der Waals surface area contributed by atoms with Gasteiger partial charge in [0.05, 0.1) is 17.9 Å². The van der Waals surface area contributed by atoms with Gasteiger partial charge < -0.3 is 14.5 Å². The zero-order valence-electron chi connectivity index (χ0n) is 17.1. The van der Waals surface area contributed by atoms with Gasteiger partial charge >= 0.3 is 0 Å². The second-order valence-electron chi connectivity index (χ2n) is 7.40. The first-order chi connectivity index (χ1) is 14.5. The predicted octanol–water partition coefficient (Wildman–Crippen LogP) is 3.36.